The number of nitrogens with one attached hydrogen (secondary N) is 1. The van der Waals surface area contributed by atoms with Crippen LogP contribution in [0.3, 0.4) is 0 Å². The molecule has 0 radical (unpaired) electrons. The van der Waals surface area contributed by atoms with Gasteiger partial charge in [-0.3, -0.25) is 14.4 Å². The number of amides is 2. The van der Waals surface area contributed by atoms with Crippen LogP contribution >= 0.6 is 11.3 Å². The van der Waals surface area contributed by atoms with Crippen molar-refractivity contribution in [2.24, 2.45) is 5.92 Å². The molecule has 0 aromatic carbocycles. The number of carboxylic acids is 1. The average molecular weight is 312 g/mol. The molecule has 2 amide bonds. The summed E-state index contributed by atoms with van der Waals surface area (Å²) in [6.45, 7) is 4.11. The highest BCUT2D eigenvalue weighted by molar-refractivity contribution is 7.08. The number of aliphatic carboxylic acids is 1. The summed E-state index contributed by atoms with van der Waals surface area (Å²) in [5, 5.41) is 15.0. The Morgan fingerprint density at radius 3 is 2.62 bits per heavy atom. The number of nitrogens with zero attached hydrogens (tertiary/aromatic N) is 1. The van der Waals surface area contributed by atoms with Crippen molar-refractivity contribution in [1.29, 1.82) is 0 Å². The highest BCUT2D eigenvalue weighted by atomic mass is 32.1. The molecule has 0 saturated heterocycles. The summed E-state index contributed by atoms with van der Waals surface area (Å²) in [7, 11) is 0. The van der Waals surface area contributed by atoms with Crippen LogP contribution in [0, 0.1) is 5.92 Å². The lowest BCUT2D eigenvalue weighted by Gasteiger charge is -2.22. The van der Waals surface area contributed by atoms with Gasteiger partial charge in [-0.1, -0.05) is 13.8 Å². The predicted octanol–water partition coefficient (Wildman–Crippen LogP) is 1.44. The van der Waals surface area contributed by atoms with Gasteiger partial charge in [0, 0.05) is 30.5 Å². The SMILES string of the molecule is CC(C)CN(CC(=O)O)C(=O)CCNC(=O)c1ccsc1. The van der Waals surface area contributed by atoms with Gasteiger partial charge in [-0.25, -0.2) is 0 Å². The Morgan fingerprint density at radius 2 is 2.10 bits per heavy atom. The average Bonchev–Trinajstić information content (AvgIpc) is 2.90. The summed E-state index contributed by atoms with van der Waals surface area (Å²) in [6, 6.07) is 1.71. The molecule has 0 fully saturated rings. The lowest BCUT2D eigenvalue weighted by molar-refractivity contribution is -0.144. The third-order valence-electron chi connectivity index (χ3n) is 2.67. The lowest BCUT2D eigenvalue weighted by atomic mass is 10.2. The fourth-order valence-corrected chi connectivity index (χ4v) is 2.43. The van der Waals surface area contributed by atoms with Gasteiger partial charge in [0.2, 0.25) is 5.91 Å². The van der Waals surface area contributed by atoms with E-state index < -0.39 is 5.97 Å². The summed E-state index contributed by atoms with van der Waals surface area (Å²) < 4.78 is 0. The first-order valence-electron chi connectivity index (χ1n) is 6.70. The number of carbonyl (C=O) groups is 3. The first-order valence-corrected chi connectivity index (χ1v) is 7.64. The van der Waals surface area contributed by atoms with Crippen molar-refractivity contribution in [2.75, 3.05) is 19.6 Å². The van der Waals surface area contributed by atoms with Crippen molar-refractivity contribution in [1.82, 2.24) is 10.2 Å². The Balaban J connectivity index is 2.42. The van der Waals surface area contributed by atoms with E-state index in [2.05, 4.69) is 5.32 Å². The monoisotopic (exact) mass is 312 g/mol. The largest absolute Gasteiger partial charge is 0.480 e. The maximum absolute atomic E-state index is 12.0. The van der Waals surface area contributed by atoms with Gasteiger partial charge in [0.15, 0.2) is 0 Å². The van der Waals surface area contributed by atoms with E-state index >= 15 is 0 Å². The van der Waals surface area contributed by atoms with Crippen LogP contribution in [0.2, 0.25) is 0 Å². The first kappa shape index (κ1) is 17.2. The Labute approximate surface area is 127 Å². The zero-order valence-electron chi connectivity index (χ0n) is 12.2. The van der Waals surface area contributed by atoms with Crippen LogP contribution in [0.1, 0.15) is 30.6 Å². The summed E-state index contributed by atoms with van der Waals surface area (Å²) in [4.78, 5) is 35.8. The van der Waals surface area contributed by atoms with E-state index in [1.54, 1.807) is 16.8 Å². The number of hydrogen-bond donors (Lipinski definition) is 2. The molecule has 2 N–H and O–H groups in total. The molecule has 1 aromatic heterocycles. The third-order valence-corrected chi connectivity index (χ3v) is 3.36. The van der Waals surface area contributed by atoms with Crippen molar-refractivity contribution < 1.29 is 19.5 Å². The third kappa shape index (κ3) is 6.40. The van der Waals surface area contributed by atoms with Crippen molar-refractivity contribution in [3.05, 3.63) is 22.4 Å². The van der Waals surface area contributed by atoms with Crippen LogP contribution in [0.4, 0.5) is 0 Å². The van der Waals surface area contributed by atoms with E-state index in [4.69, 9.17) is 5.11 Å². The van der Waals surface area contributed by atoms with Gasteiger partial charge in [-0.2, -0.15) is 11.3 Å². The molecule has 0 aliphatic heterocycles. The maximum atomic E-state index is 12.0. The number of hydrogen-bond acceptors (Lipinski definition) is 4. The van der Waals surface area contributed by atoms with Crippen molar-refractivity contribution in [3.63, 3.8) is 0 Å². The predicted molar refractivity (Wildman–Crippen MR) is 80.3 cm³/mol. The van der Waals surface area contributed by atoms with E-state index in [1.807, 2.05) is 13.8 Å². The minimum absolute atomic E-state index is 0.0931. The summed E-state index contributed by atoms with van der Waals surface area (Å²) in [6.07, 6.45) is 0.0931. The van der Waals surface area contributed by atoms with Gasteiger partial charge in [-0.15, -0.1) is 0 Å². The van der Waals surface area contributed by atoms with Crippen LogP contribution < -0.4 is 5.32 Å². The smallest absolute Gasteiger partial charge is 0.323 e. The molecule has 0 saturated carbocycles. The highest BCUT2D eigenvalue weighted by Crippen LogP contribution is 2.05. The minimum Gasteiger partial charge on any atom is -0.480 e. The minimum atomic E-state index is -1.04. The molecule has 0 aliphatic rings. The molecule has 0 bridgehead atoms. The number of carbonyl (C=O) groups excluding carboxylic acids is 2. The zero-order valence-corrected chi connectivity index (χ0v) is 13.0. The molecule has 1 heterocycles. The summed E-state index contributed by atoms with van der Waals surface area (Å²) in [5.74, 6) is -1.34. The number of thiophene rings is 1. The van der Waals surface area contributed by atoms with Crippen LogP contribution in [-0.4, -0.2) is 47.4 Å². The number of carboxylic acid groups (broad SMARTS) is 1. The molecule has 21 heavy (non-hydrogen) atoms. The Kier molecular flexibility index (Phi) is 6.87. The molecule has 1 rings (SSSR count). The number of rotatable bonds is 8. The second-order valence-electron chi connectivity index (χ2n) is 5.08. The molecular weight excluding hydrogens is 292 g/mol. The van der Waals surface area contributed by atoms with E-state index in [0.29, 0.717) is 12.1 Å². The molecular formula is C14H20N2O4S. The zero-order chi connectivity index (χ0) is 15.8. The van der Waals surface area contributed by atoms with Gasteiger partial charge in [0.25, 0.3) is 5.91 Å². The standard InChI is InChI=1S/C14H20N2O4S/c1-10(2)7-16(8-13(18)19)12(17)3-5-15-14(20)11-4-6-21-9-11/h4,6,9-10H,3,5,7-8H2,1-2H3,(H,15,20)(H,18,19). The maximum Gasteiger partial charge on any atom is 0.323 e. The van der Waals surface area contributed by atoms with E-state index in [1.165, 1.54) is 16.2 Å². The normalized spacial score (nSPS) is 10.4. The van der Waals surface area contributed by atoms with Crippen LogP contribution in [0.15, 0.2) is 16.8 Å². The second kappa shape index (κ2) is 8.41. The van der Waals surface area contributed by atoms with Crippen molar-refractivity contribution in [3.8, 4) is 0 Å². The molecule has 0 spiro atoms. The molecule has 7 heteroatoms. The van der Waals surface area contributed by atoms with E-state index in [9.17, 15) is 14.4 Å². The molecule has 0 unspecified atom stereocenters. The Bertz CT molecular complexity index is 485. The Morgan fingerprint density at radius 1 is 1.38 bits per heavy atom. The molecule has 0 aliphatic carbocycles. The quantitative estimate of drug-likeness (QED) is 0.760. The lowest BCUT2D eigenvalue weighted by Crippen LogP contribution is -2.39. The van der Waals surface area contributed by atoms with Crippen LogP contribution in [0.5, 0.6) is 0 Å². The second-order valence-corrected chi connectivity index (χ2v) is 5.86. The van der Waals surface area contributed by atoms with E-state index in [0.717, 1.165) is 0 Å². The van der Waals surface area contributed by atoms with Crippen molar-refractivity contribution >= 4 is 29.1 Å². The molecule has 0 atom stereocenters. The first-order chi connectivity index (χ1) is 9.90. The topological polar surface area (TPSA) is 86.7 Å². The van der Waals surface area contributed by atoms with Gasteiger partial charge in [0.05, 0.1) is 0 Å². The Hall–Kier alpha value is -1.89. The summed E-state index contributed by atoms with van der Waals surface area (Å²) in [5.41, 5.74) is 0.567. The fourth-order valence-electron chi connectivity index (χ4n) is 1.80. The van der Waals surface area contributed by atoms with Crippen molar-refractivity contribution in [2.45, 2.75) is 20.3 Å². The van der Waals surface area contributed by atoms with Gasteiger partial charge < -0.3 is 15.3 Å². The van der Waals surface area contributed by atoms with Crippen LogP contribution in [-0.2, 0) is 9.59 Å². The molecule has 6 nitrogen and oxygen atoms in total. The highest BCUT2D eigenvalue weighted by Gasteiger charge is 2.17. The molecule has 1 aromatic rings. The van der Waals surface area contributed by atoms with Gasteiger partial charge >= 0.3 is 5.97 Å². The van der Waals surface area contributed by atoms with Gasteiger partial charge in [0.1, 0.15) is 6.54 Å². The fraction of sp³-hybridized carbons (Fsp3) is 0.500. The van der Waals surface area contributed by atoms with Gasteiger partial charge in [-0.05, 0) is 17.4 Å². The molecule has 116 valence electrons. The summed E-state index contributed by atoms with van der Waals surface area (Å²) >= 11 is 1.42. The van der Waals surface area contributed by atoms with E-state index in [-0.39, 0.29) is 37.2 Å². The van der Waals surface area contributed by atoms with Crippen LogP contribution in [0.25, 0.3) is 0 Å².